The lowest BCUT2D eigenvalue weighted by molar-refractivity contribution is -0.148. The van der Waals surface area contributed by atoms with E-state index in [1.165, 1.54) is 13.0 Å². The molecule has 0 aliphatic heterocycles. The van der Waals surface area contributed by atoms with E-state index < -0.39 is 12.1 Å². The van der Waals surface area contributed by atoms with E-state index in [-0.39, 0.29) is 5.91 Å². The largest absolute Gasteiger partial charge is 0.449 e. The van der Waals surface area contributed by atoms with Crippen LogP contribution in [0.4, 0.5) is 5.69 Å². The lowest BCUT2D eigenvalue weighted by Gasteiger charge is -2.12. The van der Waals surface area contributed by atoms with Gasteiger partial charge in [0, 0.05) is 11.8 Å². The Morgan fingerprint density at radius 3 is 2.53 bits per heavy atom. The Balaban J connectivity index is 2.47. The minimum absolute atomic E-state index is 0.362. The maximum atomic E-state index is 11.8. The van der Waals surface area contributed by atoms with Gasteiger partial charge < -0.3 is 10.1 Å². The van der Waals surface area contributed by atoms with Crippen molar-refractivity contribution in [3.05, 3.63) is 54.6 Å². The van der Waals surface area contributed by atoms with Crippen LogP contribution in [0.1, 0.15) is 13.8 Å². The van der Waals surface area contributed by atoms with Crippen molar-refractivity contribution in [3.63, 3.8) is 0 Å². The molecule has 0 bridgehead atoms. The molecule has 1 amide bonds. The standard InChI is InChI=1S/C15H17NO3/c1-3-4-6-11-14(17)19-12(2)15(18)16-13-9-7-5-8-10-13/h3-12H,1-2H3,(H,16,18)/b4-3+,11-6+/t12-/m1/s1. The van der Waals surface area contributed by atoms with Crippen LogP contribution in [0.25, 0.3) is 0 Å². The molecule has 4 heteroatoms. The summed E-state index contributed by atoms with van der Waals surface area (Å²) in [4.78, 5) is 23.1. The highest BCUT2D eigenvalue weighted by Gasteiger charge is 2.16. The first-order valence-corrected chi connectivity index (χ1v) is 5.99. The van der Waals surface area contributed by atoms with Gasteiger partial charge in [-0.25, -0.2) is 4.79 Å². The van der Waals surface area contributed by atoms with E-state index in [1.807, 2.05) is 25.1 Å². The molecule has 0 aliphatic rings. The number of esters is 1. The molecular formula is C15H17NO3. The number of ether oxygens (including phenoxy) is 1. The van der Waals surface area contributed by atoms with Crippen LogP contribution >= 0.6 is 0 Å². The van der Waals surface area contributed by atoms with E-state index in [9.17, 15) is 9.59 Å². The molecule has 1 aromatic rings. The van der Waals surface area contributed by atoms with Crippen molar-refractivity contribution in [3.8, 4) is 0 Å². The topological polar surface area (TPSA) is 55.4 Å². The molecule has 0 aliphatic carbocycles. The minimum atomic E-state index is -0.844. The minimum Gasteiger partial charge on any atom is -0.449 e. The molecule has 0 unspecified atom stereocenters. The zero-order valence-corrected chi connectivity index (χ0v) is 11.0. The zero-order valence-electron chi connectivity index (χ0n) is 11.0. The molecule has 0 heterocycles. The second kappa shape index (κ2) is 7.87. The van der Waals surface area contributed by atoms with Crippen molar-refractivity contribution in [1.29, 1.82) is 0 Å². The van der Waals surface area contributed by atoms with Crippen molar-refractivity contribution in [2.45, 2.75) is 20.0 Å². The maximum Gasteiger partial charge on any atom is 0.331 e. The van der Waals surface area contributed by atoms with Gasteiger partial charge >= 0.3 is 5.97 Å². The molecule has 1 aromatic carbocycles. The first-order chi connectivity index (χ1) is 9.13. The van der Waals surface area contributed by atoms with E-state index in [0.717, 1.165) is 0 Å². The number of para-hydroxylation sites is 1. The number of anilines is 1. The fraction of sp³-hybridized carbons (Fsp3) is 0.200. The Hall–Kier alpha value is -2.36. The van der Waals surface area contributed by atoms with Crippen LogP contribution in [-0.2, 0) is 14.3 Å². The molecule has 0 radical (unpaired) electrons. The summed E-state index contributed by atoms with van der Waals surface area (Å²) in [6, 6.07) is 9.00. The molecule has 1 rings (SSSR count). The number of allylic oxidation sites excluding steroid dienone is 3. The second-order valence-corrected chi connectivity index (χ2v) is 3.82. The summed E-state index contributed by atoms with van der Waals surface area (Å²) in [6.07, 6.45) is 5.48. The first-order valence-electron chi connectivity index (χ1n) is 5.99. The van der Waals surface area contributed by atoms with Crippen molar-refractivity contribution < 1.29 is 14.3 Å². The van der Waals surface area contributed by atoms with Crippen molar-refractivity contribution >= 4 is 17.6 Å². The van der Waals surface area contributed by atoms with Gasteiger partial charge in [0.05, 0.1) is 0 Å². The predicted octanol–water partition coefficient (Wildman–Crippen LogP) is 2.69. The Morgan fingerprint density at radius 1 is 1.21 bits per heavy atom. The number of nitrogens with one attached hydrogen (secondary N) is 1. The third kappa shape index (κ3) is 5.68. The smallest absolute Gasteiger partial charge is 0.331 e. The monoisotopic (exact) mass is 259 g/mol. The Kier molecular flexibility index (Phi) is 6.09. The average Bonchev–Trinajstić information content (AvgIpc) is 2.40. The number of carbonyl (C=O) groups excluding carboxylic acids is 2. The summed E-state index contributed by atoms with van der Waals surface area (Å²) in [6.45, 7) is 3.37. The van der Waals surface area contributed by atoms with Gasteiger partial charge in [-0.2, -0.15) is 0 Å². The van der Waals surface area contributed by atoms with Crippen molar-refractivity contribution in [1.82, 2.24) is 0 Å². The average molecular weight is 259 g/mol. The second-order valence-electron chi connectivity index (χ2n) is 3.82. The number of rotatable bonds is 5. The summed E-state index contributed by atoms with van der Waals surface area (Å²) < 4.78 is 4.96. The first kappa shape index (κ1) is 14.7. The molecule has 1 atom stereocenters. The number of amides is 1. The Morgan fingerprint density at radius 2 is 1.89 bits per heavy atom. The fourth-order valence-corrected chi connectivity index (χ4v) is 1.28. The lowest BCUT2D eigenvalue weighted by atomic mass is 10.3. The molecule has 0 saturated carbocycles. The van der Waals surface area contributed by atoms with Crippen LogP contribution in [0.2, 0.25) is 0 Å². The number of hydrogen-bond donors (Lipinski definition) is 1. The third-order valence-electron chi connectivity index (χ3n) is 2.24. The molecule has 0 saturated heterocycles. The zero-order chi connectivity index (χ0) is 14.1. The molecule has 0 spiro atoms. The van der Waals surface area contributed by atoms with Crippen LogP contribution in [0, 0.1) is 0 Å². The molecule has 0 aromatic heterocycles. The highest BCUT2D eigenvalue weighted by molar-refractivity contribution is 5.95. The van der Waals surface area contributed by atoms with Gasteiger partial charge in [-0.1, -0.05) is 36.4 Å². The van der Waals surface area contributed by atoms with E-state index in [1.54, 1.807) is 30.4 Å². The van der Waals surface area contributed by atoms with E-state index >= 15 is 0 Å². The van der Waals surface area contributed by atoms with Gasteiger partial charge in [0.1, 0.15) is 0 Å². The highest BCUT2D eigenvalue weighted by Crippen LogP contribution is 2.06. The molecule has 1 N–H and O–H groups in total. The fourth-order valence-electron chi connectivity index (χ4n) is 1.28. The summed E-state index contributed by atoms with van der Waals surface area (Å²) in [7, 11) is 0. The predicted molar refractivity (Wildman–Crippen MR) is 74.6 cm³/mol. The normalized spacial score (nSPS) is 12.5. The van der Waals surface area contributed by atoms with Crippen LogP contribution in [-0.4, -0.2) is 18.0 Å². The number of benzene rings is 1. The van der Waals surface area contributed by atoms with Gasteiger partial charge in [-0.3, -0.25) is 4.79 Å². The van der Waals surface area contributed by atoms with Crippen molar-refractivity contribution in [2.75, 3.05) is 5.32 Å². The van der Waals surface area contributed by atoms with Crippen LogP contribution in [0.5, 0.6) is 0 Å². The lowest BCUT2D eigenvalue weighted by Crippen LogP contribution is -2.29. The van der Waals surface area contributed by atoms with E-state index in [2.05, 4.69) is 5.32 Å². The number of carbonyl (C=O) groups is 2. The van der Waals surface area contributed by atoms with Crippen LogP contribution in [0.15, 0.2) is 54.6 Å². The Bertz CT molecular complexity index is 477. The van der Waals surface area contributed by atoms with Gasteiger partial charge in [0.25, 0.3) is 5.91 Å². The van der Waals surface area contributed by atoms with Crippen molar-refractivity contribution in [2.24, 2.45) is 0 Å². The summed E-state index contributed by atoms with van der Waals surface area (Å²) in [5.74, 6) is -0.909. The van der Waals surface area contributed by atoms with Crippen LogP contribution < -0.4 is 5.32 Å². The van der Waals surface area contributed by atoms with Gasteiger partial charge in [0.15, 0.2) is 6.10 Å². The highest BCUT2D eigenvalue weighted by atomic mass is 16.5. The van der Waals surface area contributed by atoms with Gasteiger partial charge in [-0.05, 0) is 26.0 Å². The molecule has 100 valence electrons. The summed E-state index contributed by atoms with van der Waals surface area (Å²) >= 11 is 0. The van der Waals surface area contributed by atoms with E-state index in [4.69, 9.17) is 4.74 Å². The Labute approximate surface area is 112 Å². The maximum absolute atomic E-state index is 11.8. The SMILES string of the molecule is C/C=C/C=C/C(=O)O[C@H](C)C(=O)Nc1ccccc1. The van der Waals surface area contributed by atoms with E-state index in [0.29, 0.717) is 5.69 Å². The molecule has 19 heavy (non-hydrogen) atoms. The van der Waals surface area contributed by atoms with Gasteiger partial charge in [0.2, 0.25) is 0 Å². The van der Waals surface area contributed by atoms with Crippen LogP contribution in [0.3, 0.4) is 0 Å². The summed E-state index contributed by atoms with van der Waals surface area (Å²) in [5, 5.41) is 2.66. The molecule has 0 fully saturated rings. The summed E-state index contributed by atoms with van der Waals surface area (Å²) in [5.41, 5.74) is 0.667. The van der Waals surface area contributed by atoms with Gasteiger partial charge in [-0.15, -0.1) is 0 Å². The molecular weight excluding hydrogens is 242 g/mol. The molecule has 4 nitrogen and oxygen atoms in total. The quantitative estimate of drug-likeness (QED) is 0.502. The number of hydrogen-bond acceptors (Lipinski definition) is 3. The third-order valence-corrected chi connectivity index (χ3v) is 2.24.